The Morgan fingerprint density at radius 3 is 2.16 bits per heavy atom. The molecule has 0 heterocycles. The Morgan fingerprint density at radius 1 is 1.00 bits per heavy atom. The molecule has 2 heteroatoms. The van der Waals surface area contributed by atoms with Crippen LogP contribution in [0.3, 0.4) is 0 Å². The van der Waals surface area contributed by atoms with Crippen molar-refractivity contribution in [1.29, 1.82) is 0 Å². The predicted octanol–water partition coefficient (Wildman–Crippen LogP) is 3.53. The number of ketones is 1. The zero-order valence-corrected chi connectivity index (χ0v) is 11.4. The number of benzene rings is 2. The molecule has 0 amide bonds. The third-order valence-electron chi connectivity index (χ3n) is 3.18. The van der Waals surface area contributed by atoms with Crippen LogP contribution in [-0.4, -0.2) is 18.4 Å². The van der Waals surface area contributed by atoms with Gasteiger partial charge < -0.3 is 5.32 Å². The van der Waals surface area contributed by atoms with E-state index in [1.165, 1.54) is 5.56 Å². The molecule has 0 aliphatic heterocycles. The lowest BCUT2D eigenvalue weighted by Crippen LogP contribution is -2.33. The number of Topliss-reactive ketones (excluding diaryl/α,β-unsaturated/α-hetero) is 1. The van der Waals surface area contributed by atoms with E-state index >= 15 is 0 Å². The van der Waals surface area contributed by atoms with Crippen LogP contribution < -0.4 is 5.32 Å². The van der Waals surface area contributed by atoms with Crippen LogP contribution in [0.2, 0.25) is 0 Å². The molecule has 2 aromatic rings. The van der Waals surface area contributed by atoms with E-state index < -0.39 is 0 Å². The molecule has 0 saturated heterocycles. The lowest BCUT2D eigenvalue weighted by atomic mass is 10.0. The summed E-state index contributed by atoms with van der Waals surface area (Å²) in [7, 11) is 0. The van der Waals surface area contributed by atoms with Gasteiger partial charge in [0.25, 0.3) is 0 Å². The van der Waals surface area contributed by atoms with Gasteiger partial charge in [0, 0.05) is 5.56 Å². The average molecular weight is 253 g/mol. The Bertz CT molecular complexity index is 531. The van der Waals surface area contributed by atoms with Crippen LogP contribution in [0.25, 0.3) is 11.1 Å². The van der Waals surface area contributed by atoms with E-state index in [9.17, 15) is 4.79 Å². The van der Waals surface area contributed by atoms with E-state index in [0.29, 0.717) is 0 Å². The summed E-state index contributed by atoms with van der Waals surface area (Å²) in [6, 6.07) is 17.8. The normalized spacial score (nSPS) is 12.1. The summed E-state index contributed by atoms with van der Waals surface area (Å²) in [6.07, 6.45) is 0. The Labute approximate surface area is 114 Å². The maximum Gasteiger partial charge on any atom is 0.179 e. The number of carbonyl (C=O) groups excluding carboxylic acids is 1. The van der Waals surface area contributed by atoms with E-state index in [2.05, 4.69) is 17.4 Å². The van der Waals surface area contributed by atoms with Crippen molar-refractivity contribution in [2.75, 3.05) is 6.54 Å². The second kappa shape index (κ2) is 6.30. The Balaban J connectivity index is 2.17. The predicted molar refractivity (Wildman–Crippen MR) is 79.3 cm³/mol. The van der Waals surface area contributed by atoms with Gasteiger partial charge in [-0.15, -0.1) is 0 Å². The zero-order valence-electron chi connectivity index (χ0n) is 11.4. The molecule has 98 valence electrons. The van der Waals surface area contributed by atoms with Crippen molar-refractivity contribution >= 4 is 5.78 Å². The standard InChI is InChI=1S/C17H19NO/c1-3-18-13(2)17(19)16-11-9-15(10-12-16)14-7-5-4-6-8-14/h4-13,18H,3H2,1-2H3. The van der Waals surface area contributed by atoms with E-state index in [1.54, 1.807) is 0 Å². The van der Waals surface area contributed by atoms with Crippen LogP contribution in [0.1, 0.15) is 24.2 Å². The van der Waals surface area contributed by atoms with Crippen molar-refractivity contribution in [3.63, 3.8) is 0 Å². The van der Waals surface area contributed by atoms with Crippen LogP contribution in [0.15, 0.2) is 54.6 Å². The fourth-order valence-corrected chi connectivity index (χ4v) is 2.11. The van der Waals surface area contributed by atoms with Crippen molar-refractivity contribution in [3.8, 4) is 11.1 Å². The van der Waals surface area contributed by atoms with Gasteiger partial charge in [-0.05, 0) is 24.6 Å². The molecule has 0 aromatic heterocycles. The molecule has 1 unspecified atom stereocenters. The van der Waals surface area contributed by atoms with Gasteiger partial charge in [0.15, 0.2) is 5.78 Å². The van der Waals surface area contributed by atoms with E-state index in [4.69, 9.17) is 0 Å². The number of nitrogens with one attached hydrogen (secondary N) is 1. The fourth-order valence-electron chi connectivity index (χ4n) is 2.11. The number of hydrogen-bond acceptors (Lipinski definition) is 2. The van der Waals surface area contributed by atoms with E-state index in [1.807, 2.05) is 56.3 Å². The molecule has 2 rings (SSSR count). The first-order chi connectivity index (χ1) is 9.22. The molecule has 2 aromatic carbocycles. The summed E-state index contributed by atoms with van der Waals surface area (Å²) in [4.78, 5) is 12.1. The quantitative estimate of drug-likeness (QED) is 0.826. The summed E-state index contributed by atoms with van der Waals surface area (Å²) in [5, 5.41) is 3.14. The topological polar surface area (TPSA) is 29.1 Å². The highest BCUT2D eigenvalue weighted by atomic mass is 16.1. The minimum absolute atomic E-state index is 0.132. The van der Waals surface area contributed by atoms with Crippen LogP contribution in [0.5, 0.6) is 0 Å². The molecule has 0 aliphatic carbocycles. The molecular weight excluding hydrogens is 234 g/mol. The van der Waals surface area contributed by atoms with Gasteiger partial charge >= 0.3 is 0 Å². The van der Waals surface area contributed by atoms with Crippen molar-refractivity contribution < 1.29 is 4.79 Å². The van der Waals surface area contributed by atoms with Gasteiger partial charge in [-0.2, -0.15) is 0 Å². The summed E-state index contributed by atoms with van der Waals surface area (Å²) in [6.45, 7) is 4.70. The van der Waals surface area contributed by atoms with E-state index in [-0.39, 0.29) is 11.8 Å². The molecule has 0 radical (unpaired) electrons. The molecule has 0 saturated carbocycles. The zero-order chi connectivity index (χ0) is 13.7. The third kappa shape index (κ3) is 3.30. The molecule has 2 nitrogen and oxygen atoms in total. The Hall–Kier alpha value is -1.93. The molecule has 19 heavy (non-hydrogen) atoms. The van der Waals surface area contributed by atoms with Crippen molar-refractivity contribution in [1.82, 2.24) is 5.32 Å². The lowest BCUT2D eigenvalue weighted by Gasteiger charge is -2.11. The highest BCUT2D eigenvalue weighted by molar-refractivity contribution is 6.00. The Kier molecular flexibility index (Phi) is 4.48. The maximum absolute atomic E-state index is 12.1. The van der Waals surface area contributed by atoms with Crippen LogP contribution >= 0.6 is 0 Å². The summed E-state index contributed by atoms with van der Waals surface area (Å²) >= 11 is 0. The van der Waals surface area contributed by atoms with Crippen LogP contribution in [0, 0.1) is 0 Å². The van der Waals surface area contributed by atoms with Gasteiger partial charge in [0.05, 0.1) is 6.04 Å². The second-order valence-electron chi connectivity index (χ2n) is 4.59. The van der Waals surface area contributed by atoms with Gasteiger partial charge in [0.1, 0.15) is 0 Å². The van der Waals surface area contributed by atoms with Crippen molar-refractivity contribution in [2.45, 2.75) is 19.9 Å². The van der Waals surface area contributed by atoms with Gasteiger partial charge in [-0.3, -0.25) is 4.79 Å². The summed E-state index contributed by atoms with van der Waals surface area (Å²) < 4.78 is 0. The fraction of sp³-hybridized carbons (Fsp3) is 0.235. The first kappa shape index (κ1) is 13.5. The molecule has 0 fully saturated rings. The SMILES string of the molecule is CCNC(C)C(=O)c1ccc(-c2ccccc2)cc1. The number of carbonyl (C=O) groups is 1. The van der Waals surface area contributed by atoms with E-state index in [0.717, 1.165) is 17.7 Å². The summed E-state index contributed by atoms with van der Waals surface area (Å²) in [5.74, 6) is 0.140. The number of rotatable bonds is 5. The van der Waals surface area contributed by atoms with Crippen LogP contribution in [0.4, 0.5) is 0 Å². The Morgan fingerprint density at radius 2 is 1.58 bits per heavy atom. The molecule has 1 N–H and O–H groups in total. The number of hydrogen-bond donors (Lipinski definition) is 1. The van der Waals surface area contributed by atoms with Crippen molar-refractivity contribution in [3.05, 3.63) is 60.2 Å². The van der Waals surface area contributed by atoms with Gasteiger partial charge in [-0.1, -0.05) is 61.5 Å². The highest BCUT2D eigenvalue weighted by Gasteiger charge is 2.13. The second-order valence-corrected chi connectivity index (χ2v) is 4.59. The first-order valence-corrected chi connectivity index (χ1v) is 6.65. The van der Waals surface area contributed by atoms with Crippen LogP contribution in [-0.2, 0) is 0 Å². The molecular formula is C17H19NO. The minimum Gasteiger partial charge on any atom is -0.308 e. The third-order valence-corrected chi connectivity index (χ3v) is 3.18. The minimum atomic E-state index is -0.132. The highest BCUT2D eigenvalue weighted by Crippen LogP contribution is 2.19. The lowest BCUT2D eigenvalue weighted by molar-refractivity contribution is 0.0952. The molecule has 0 bridgehead atoms. The summed E-state index contributed by atoms with van der Waals surface area (Å²) in [5.41, 5.74) is 3.06. The monoisotopic (exact) mass is 253 g/mol. The number of likely N-dealkylation sites (N-methyl/N-ethyl adjacent to an activating group) is 1. The maximum atomic E-state index is 12.1. The first-order valence-electron chi connectivity index (χ1n) is 6.65. The molecule has 0 spiro atoms. The molecule has 1 atom stereocenters. The van der Waals surface area contributed by atoms with Crippen molar-refractivity contribution in [2.24, 2.45) is 0 Å². The van der Waals surface area contributed by atoms with Gasteiger partial charge in [0.2, 0.25) is 0 Å². The largest absolute Gasteiger partial charge is 0.308 e. The average Bonchev–Trinajstić information content (AvgIpc) is 2.48. The smallest absolute Gasteiger partial charge is 0.179 e. The molecule has 0 aliphatic rings. The van der Waals surface area contributed by atoms with Gasteiger partial charge in [-0.25, -0.2) is 0 Å².